The van der Waals surface area contributed by atoms with Crippen molar-refractivity contribution in [3.8, 4) is 11.5 Å². The summed E-state index contributed by atoms with van der Waals surface area (Å²) in [7, 11) is 1.26. The highest BCUT2D eigenvalue weighted by Crippen LogP contribution is 2.31. The second kappa shape index (κ2) is 8.38. The van der Waals surface area contributed by atoms with Crippen molar-refractivity contribution in [2.75, 3.05) is 13.7 Å². The highest BCUT2D eigenvalue weighted by molar-refractivity contribution is 5.98. The summed E-state index contributed by atoms with van der Waals surface area (Å²) in [6, 6.07) is 5.53. The Labute approximate surface area is 162 Å². The molecule has 1 fully saturated rings. The van der Waals surface area contributed by atoms with E-state index in [1.54, 1.807) is 0 Å². The zero-order valence-corrected chi connectivity index (χ0v) is 15.0. The van der Waals surface area contributed by atoms with Crippen LogP contribution < -0.4 is 20.1 Å². The van der Waals surface area contributed by atoms with E-state index in [4.69, 9.17) is 4.74 Å². The predicted molar refractivity (Wildman–Crippen MR) is 93.0 cm³/mol. The number of benzene rings is 2. The number of hydrogen-bond donors (Lipinski definition) is 2. The molecule has 2 aromatic carbocycles. The van der Waals surface area contributed by atoms with Crippen molar-refractivity contribution < 1.29 is 36.6 Å². The van der Waals surface area contributed by atoms with E-state index < -0.39 is 42.0 Å². The number of carbonyl (C=O) groups is 2. The van der Waals surface area contributed by atoms with E-state index in [-0.39, 0.29) is 29.2 Å². The van der Waals surface area contributed by atoms with Crippen LogP contribution >= 0.6 is 0 Å². The molecule has 154 valence electrons. The summed E-state index contributed by atoms with van der Waals surface area (Å²) in [5.74, 6) is -4.28. The first-order valence-corrected chi connectivity index (χ1v) is 8.46. The van der Waals surface area contributed by atoms with Gasteiger partial charge in [0.05, 0.1) is 7.11 Å². The molecule has 0 spiro atoms. The van der Waals surface area contributed by atoms with Crippen molar-refractivity contribution in [3.63, 3.8) is 0 Å². The first-order valence-electron chi connectivity index (χ1n) is 8.46. The minimum absolute atomic E-state index is 0.0206. The third kappa shape index (κ3) is 4.41. The van der Waals surface area contributed by atoms with Crippen LogP contribution in [0.2, 0.25) is 0 Å². The number of methoxy groups -OCH3 is 1. The molecular weight excluding hydrogens is 396 g/mol. The second-order valence-electron chi connectivity index (χ2n) is 6.21. The predicted octanol–water partition coefficient (Wildman–Crippen LogP) is 2.59. The first-order chi connectivity index (χ1) is 13.8. The van der Waals surface area contributed by atoms with Gasteiger partial charge in [-0.15, -0.1) is 0 Å². The molecule has 0 unspecified atom stereocenters. The van der Waals surface area contributed by atoms with Crippen LogP contribution in [-0.2, 0) is 4.79 Å². The lowest BCUT2D eigenvalue weighted by molar-refractivity contribution is -0.120. The fraction of sp³-hybridized carbons (Fsp3) is 0.263. The molecule has 0 saturated carbocycles. The lowest BCUT2D eigenvalue weighted by atomic mass is 9.92. The third-order valence-electron chi connectivity index (χ3n) is 4.47. The van der Waals surface area contributed by atoms with Gasteiger partial charge in [0.1, 0.15) is 29.2 Å². The molecule has 10 heteroatoms. The Kier molecular flexibility index (Phi) is 5.90. The van der Waals surface area contributed by atoms with Gasteiger partial charge in [-0.2, -0.15) is 8.78 Å². The molecule has 2 aromatic rings. The highest BCUT2D eigenvalue weighted by Gasteiger charge is 2.40. The molecular formula is C19H16F4N2O4. The van der Waals surface area contributed by atoms with E-state index in [1.807, 2.05) is 0 Å². The number of rotatable bonds is 6. The lowest BCUT2D eigenvalue weighted by Crippen LogP contribution is -2.43. The standard InChI is InChI=1S/C19H16F4N2O4/c1-28-11-6-13(20)15(14(21)7-11)12-8-24-18(27)16(12)25-17(26)9-2-4-10(5-3-9)29-19(22)23/h2-7,12,16,19H,8H2,1H3,(H,24,27)(H,25,26)/t12-,16-/m0/s1. The van der Waals surface area contributed by atoms with Gasteiger partial charge in [-0.05, 0) is 24.3 Å². The van der Waals surface area contributed by atoms with Gasteiger partial charge in [-0.1, -0.05) is 0 Å². The van der Waals surface area contributed by atoms with Crippen molar-refractivity contribution in [2.45, 2.75) is 18.6 Å². The summed E-state index contributed by atoms with van der Waals surface area (Å²) < 4.78 is 62.2. The maximum Gasteiger partial charge on any atom is 0.387 e. The van der Waals surface area contributed by atoms with Gasteiger partial charge >= 0.3 is 6.61 Å². The van der Waals surface area contributed by atoms with E-state index in [9.17, 15) is 27.2 Å². The van der Waals surface area contributed by atoms with Crippen molar-refractivity contribution in [2.24, 2.45) is 0 Å². The number of halogens is 4. The highest BCUT2D eigenvalue weighted by atomic mass is 19.3. The second-order valence-corrected chi connectivity index (χ2v) is 6.21. The normalized spacial score (nSPS) is 18.5. The van der Waals surface area contributed by atoms with Gasteiger partial charge in [0.25, 0.3) is 5.91 Å². The monoisotopic (exact) mass is 412 g/mol. The molecule has 1 heterocycles. The van der Waals surface area contributed by atoms with Gasteiger partial charge in [0, 0.05) is 35.7 Å². The van der Waals surface area contributed by atoms with Crippen LogP contribution in [-0.4, -0.2) is 38.1 Å². The Morgan fingerprint density at radius 2 is 1.76 bits per heavy atom. The molecule has 1 saturated heterocycles. The van der Waals surface area contributed by atoms with E-state index in [0.29, 0.717) is 0 Å². The smallest absolute Gasteiger partial charge is 0.387 e. The fourth-order valence-electron chi connectivity index (χ4n) is 3.10. The van der Waals surface area contributed by atoms with Gasteiger partial charge in [-0.25, -0.2) is 8.78 Å². The van der Waals surface area contributed by atoms with E-state index in [0.717, 1.165) is 24.3 Å². The molecule has 0 bridgehead atoms. The number of ether oxygens (including phenoxy) is 2. The summed E-state index contributed by atoms with van der Waals surface area (Å²) in [6.07, 6.45) is 0. The number of carbonyl (C=O) groups excluding carboxylic acids is 2. The molecule has 3 rings (SSSR count). The molecule has 2 amide bonds. The minimum Gasteiger partial charge on any atom is -0.497 e. The Morgan fingerprint density at radius 1 is 1.14 bits per heavy atom. The van der Waals surface area contributed by atoms with Gasteiger partial charge in [0.15, 0.2) is 0 Å². The molecule has 29 heavy (non-hydrogen) atoms. The lowest BCUT2D eigenvalue weighted by Gasteiger charge is -2.20. The van der Waals surface area contributed by atoms with E-state index in [2.05, 4.69) is 15.4 Å². The summed E-state index contributed by atoms with van der Waals surface area (Å²) in [6.45, 7) is -3.09. The van der Waals surface area contributed by atoms with Crippen LogP contribution in [0.25, 0.3) is 0 Å². The van der Waals surface area contributed by atoms with Gasteiger partial charge in [0.2, 0.25) is 5.91 Å². The number of alkyl halides is 2. The molecule has 2 atom stereocenters. The maximum atomic E-state index is 14.4. The van der Waals surface area contributed by atoms with Crippen molar-refractivity contribution in [3.05, 3.63) is 59.2 Å². The molecule has 6 nitrogen and oxygen atoms in total. The molecule has 1 aliphatic rings. The number of nitrogens with one attached hydrogen (secondary N) is 2. The largest absolute Gasteiger partial charge is 0.497 e. The van der Waals surface area contributed by atoms with Crippen molar-refractivity contribution in [1.82, 2.24) is 10.6 Å². The van der Waals surface area contributed by atoms with Crippen LogP contribution in [0.1, 0.15) is 21.8 Å². The molecule has 0 radical (unpaired) electrons. The van der Waals surface area contributed by atoms with Crippen LogP contribution in [0.4, 0.5) is 17.6 Å². The molecule has 0 aromatic heterocycles. The Bertz CT molecular complexity index is 898. The Balaban J connectivity index is 1.80. The minimum atomic E-state index is -3.01. The van der Waals surface area contributed by atoms with Crippen molar-refractivity contribution >= 4 is 11.8 Å². The van der Waals surface area contributed by atoms with E-state index >= 15 is 0 Å². The molecule has 0 aliphatic carbocycles. The summed E-state index contributed by atoms with van der Waals surface area (Å²) in [5, 5.41) is 4.90. The Morgan fingerprint density at radius 3 is 2.31 bits per heavy atom. The third-order valence-corrected chi connectivity index (χ3v) is 4.47. The topological polar surface area (TPSA) is 76.7 Å². The van der Waals surface area contributed by atoms with Crippen LogP contribution in [0.15, 0.2) is 36.4 Å². The number of hydrogen-bond acceptors (Lipinski definition) is 4. The molecule has 2 N–H and O–H groups in total. The van der Waals surface area contributed by atoms with E-state index in [1.165, 1.54) is 19.2 Å². The Hall–Kier alpha value is -3.30. The summed E-state index contributed by atoms with van der Waals surface area (Å²) in [4.78, 5) is 24.6. The zero-order valence-electron chi connectivity index (χ0n) is 15.0. The number of amides is 2. The van der Waals surface area contributed by atoms with Crippen LogP contribution in [0.3, 0.4) is 0 Å². The SMILES string of the molecule is COc1cc(F)c([C@@H]2CNC(=O)[C@H]2NC(=O)c2ccc(OC(F)F)cc2)c(F)c1. The van der Waals surface area contributed by atoms with Gasteiger partial charge in [-0.3, -0.25) is 9.59 Å². The maximum absolute atomic E-state index is 14.4. The quantitative estimate of drug-likeness (QED) is 0.716. The average Bonchev–Trinajstić information content (AvgIpc) is 3.01. The summed E-state index contributed by atoms with van der Waals surface area (Å²) >= 11 is 0. The zero-order chi connectivity index (χ0) is 21.1. The first kappa shape index (κ1) is 20.4. The fourth-order valence-corrected chi connectivity index (χ4v) is 3.10. The van der Waals surface area contributed by atoms with Crippen LogP contribution in [0.5, 0.6) is 11.5 Å². The molecule has 1 aliphatic heterocycles. The average molecular weight is 412 g/mol. The van der Waals surface area contributed by atoms with Crippen LogP contribution in [0, 0.1) is 11.6 Å². The summed E-state index contributed by atoms with van der Waals surface area (Å²) in [5.41, 5.74) is -0.295. The van der Waals surface area contributed by atoms with Crippen molar-refractivity contribution in [1.29, 1.82) is 0 Å². The van der Waals surface area contributed by atoms with Gasteiger partial charge < -0.3 is 20.1 Å².